The maximum absolute atomic E-state index is 12.4. The second-order valence-electron chi connectivity index (χ2n) is 8.89. The number of carbonyl (C=O) groups is 3. The van der Waals surface area contributed by atoms with Crippen molar-refractivity contribution in [3.05, 3.63) is 29.8 Å². The van der Waals surface area contributed by atoms with Crippen LogP contribution in [0.25, 0.3) is 0 Å². The van der Waals surface area contributed by atoms with Crippen LogP contribution in [0, 0.1) is 0 Å². The molecular weight excluding hydrogens is 374 g/mol. The fourth-order valence-corrected chi connectivity index (χ4v) is 2.35. The molecule has 0 saturated carbocycles. The van der Waals surface area contributed by atoms with E-state index in [2.05, 4.69) is 10.6 Å². The van der Waals surface area contributed by atoms with Gasteiger partial charge in [0.15, 0.2) is 0 Å². The Morgan fingerprint density at radius 3 is 1.97 bits per heavy atom. The molecule has 0 radical (unpaired) electrons. The van der Waals surface area contributed by atoms with Crippen molar-refractivity contribution >= 4 is 17.9 Å². The average molecular weight is 408 g/mol. The predicted molar refractivity (Wildman–Crippen MR) is 110 cm³/mol. The molecule has 0 fully saturated rings. The number of alkyl carbamates (subject to hydrolysis) is 1. The lowest BCUT2D eigenvalue weighted by Gasteiger charge is -2.23. The van der Waals surface area contributed by atoms with Crippen LogP contribution in [-0.2, 0) is 20.7 Å². The molecule has 1 rings (SSSR count). The highest BCUT2D eigenvalue weighted by Crippen LogP contribution is 2.19. The minimum Gasteiger partial charge on any atom is -0.488 e. The fraction of sp³-hybridized carbons (Fsp3) is 0.571. The van der Waals surface area contributed by atoms with Gasteiger partial charge in [0.25, 0.3) is 0 Å². The molecule has 0 aliphatic heterocycles. The summed E-state index contributed by atoms with van der Waals surface area (Å²) in [5.41, 5.74) is 5.25. The summed E-state index contributed by atoms with van der Waals surface area (Å²) in [6.45, 7) is 12.5. The van der Waals surface area contributed by atoms with Crippen LogP contribution in [0.5, 0.6) is 5.75 Å². The van der Waals surface area contributed by atoms with Crippen molar-refractivity contribution in [1.29, 1.82) is 0 Å². The van der Waals surface area contributed by atoms with Crippen LogP contribution < -0.4 is 21.1 Å². The fourth-order valence-electron chi connectivity index (χ4n) is 2.35. The predicted octanol–water partition coefficient (Wildman–Crippen LogP) is 2.29. The van der Waals surface area contributed by atoms with Gasteiger partial charge in [-0.2, -0.15) is 0 Å². The third kappa shape index (κ3) is 9.82. The number of nitrogens with two attached hydrogens (primary N) is 1. The Kier molecular flexibility index (Phi) is 8.05. The highest BCUT2D eigenvalue weighted by Gasteiger charge is 2.25. The number of hydrogen-bond donors (Lipinski definition) is 3. The lowest BCUT2D eigenvalue weighted by Crippen LogP contribution is -2.53. The molecule has 8 nitrogen and oxygen atoms in total. The minimum absolute atomic E-state index is 0.218. The molecule has 0 saturated heterocycles. The van der Waals surface area contributed by atoms with Gasteiger partial charge in [0.2, 0.25) is 11.8 Å². The van der Waals surface area contributed by atoms with Gasteiger partial charge in [0, 0.05) is 6.42 Å². The molecular formula is C21H33N3O5. The molecule has 0 spiro atoms. The van der Waals surface area contributed by atoms with Gasteiger partial charge >= 0.3 is 6.09 Å². The number of carbonyl (C=O) groups excluding carboxylic acids is 3. The molecule has 0 aliphatic rings. The molecule has 29 heavy (non-hydrogen) atoms. The first-order valence-corrected chi connectivity index (χ1v) is 9.53. The number of amides is 3. The summed E-state index contributed by atoms with van der Waals surface area (Å²) >= 11 is 0. The number of hydrogen-bond acceptors (Lipinski definition) is 5. The van der Waals surface area contributed by atoms with E-state index in [0.717, 1.165) is 5.56 Å². The maximum atomic E-state index is 12.4. The van der Waals surface area contributed by atoms with Crippen LogP contribution in [-0.4, -0.2) is 41.2 Å². The topological polar surface area (TPSA) is 120 Å². The lowest BCUT2D eigenvalue weighted by molar-refractivity contribution is -0.128. The monoisotopic (exact) mass is 407 g/mol. The average Bonchev–Trinajstić information content (AvgIpc) is 2.52. The summed E-state index contributed by atoms with van der Waals surface area (Å²) in [5.74, 6) is -0.499. The van der Waals surface area contributed by atoms with Crippen LogP contribution in [0.3, 0.4) is 0 Å². The van der Waals surface area contributed by atoms with Crippen LogP contribution in [0.4, 0.5) is 4.79 Å². The molecule has 162 valence electrons. The smallest absolute Gasteiger partial charge is 0.408 e. The van der Waals surface area contributed by atoms with E-state index >= 15 is 0 Å². The van der Waals surface area contributed by atoms with Gasteiger partial charge in [-0.05, 0) is 66.2 Å². The van der Waals surface area contributed by atoms with Crippen molar-refractivity contribution in [2.24, 2.45) is 5.73 Å². The molecule has 2 unspecified atom stereocenters. The van der Waals surface area contributed by atoms with Gasteiger partial charge in [-0.15, -0.1) is 0 Å². The maximum Gasteiger partial charge on any atom is 0.408 e. The number of rotatable bonds is 7. The molecule has 1 aromatic carbocycles. The quantitative estimate of drug-likeness (QED) is 0.641. The number of nitrogens with one attached hydrogen (secondary N) is 2. The van der Waals surface area contributed by atoms with Crippen molar-refractivity contribution in [3.63, 3.8) is 0 Å². The van der Waals surface area contributed by atoms with Crippen LogP contribution >= 0.6 is 0 Å². The van der Waals surface area contributed by atoms with Crippen molar-refractivity contribution in [1.82, 2.24) is 10.6 Å². The van der Waals surface area contributed by atoms with E-state index in [1.54, 1.807) is 32.9 Å². The Morgan fingerprint density at radius 1 is 0.966 bits per heavy atom. The van der Waals surface area contributed by atoms with E-state index in [1.807, 2.05) is 32.9 Å². The molecule has 0 heterocycles. The Balaban J connectivity index is 2.70. The number of primary amides is 1. The van der Waals surface area contributed by atoms with Crippen LogP contribution in [0.15, 0.2) is 24.3 Å². The minimum atomic E-state index is -0.917. The number of ether oxygens (including phenoxy) is 2. The summed E-state index contributed by atoms with van der Waals surface area (Å²) in [4.78, 5) is 35.9. The molecule has 0 bridgehead atoms. The lowest BCUT2D eigenvalue weighted by atomic mass is 10.0. The highest BCUT2D eigenvalue weighted by atomic mass is 16.6. The first-order chi connectivity index (χ1) is 13.2. The molecule has 3 amide bonds. The van der Waals surface area contributed by atoms with Crippen molar-refractivity contribution in [3.8, 4) is 5.75 Å². The standard InChI is InChI=1S/C21H33N3O5/c1-13(23-19(27)29-21(5,6)7)18(26)24-16(17(22)25)12-14-8-10-15(11-9-14)28-20(2,3)4/h8-11,13,16H,12H2,1-7H3,(H2,22,25)(H,23,27)(H,24,26). The second kappa shape index (κ2) is 9.62. The Bertz CT molecular complexity index is 717. The zero-order valence-electron chi connectivity index (χ0n) is 18.3. The first-order valence-electron chi connectivity index (χ1n) is 9.53. The Morgan fingerprint density at radius 2 is 1.52 bits per heavy atom. The van der Waals surface area contributed by atoms with E-state index < -0.39 is 35.6 Å². The van der Waals surface area contributed by atoms with E-state index in [0.29, 0.717) is 5.75 Å². The highest BCUT2D eigenvalue weighted by molar-refractivity contribution is 5.90. The summed E-state index contributed by atoms with van der Waals surface area (Å²) in [6.07, 6.45) is -0.499. The number of benzene rings is 1. The molecule has 8 heteroatoms. The Hall–Kier alpha value is -2.77. The molecule has 0 aromatic heterocycles. The first kappa shape index (κ1) is 24.3. The molecule has 4 N–H and O–H groups in total. The third-order valence-electron chi connectivity index (χ3n) is 3.57. The summed E-state index contributed by atoms with van der Waals surface area (Å²) in [5, 5.41) is 5.00. The summed E-state index contributed by atoms with van der Waals surface area (Å²) < 4.78 is 10.9. The zero-order chi connectivity index (χ0) is 22.4. The van der Waals surface area contributed by atoms with Gasteiger partial charge in [0.1, 0.15) is 29.0 Å². The van der Waals surface area contributed by atoms with Crippen molar-refractivity contribution in [2.75, 3.05) is 0 Å². The SMILES string of the molecule is CC(NC(=O)OC(C)(C)C)C(=O)NC(Cc1ccc(OC(C)(C)C)cc1)C(N)=O. The summed E-state index contributed by atoms with van der Waals surface area (Å²) in [7, 11) is 0. The normalized spacial score (nSPS) is 13.8. The van der Waals surface area contributed by atoms with Gasteiger partial charge in [0.05, 0.1) is 0 Å². The molecule has 1 aromatic rings. The van der Waals surface area contributed by atoms with Crippen LogP contribution in [0.1, 0.15) is 54.0 Å². The summed E-state index contributed by atoms with van der Waals surface area (Å²) in [6, 6.07) is 5.41. The van der Waals surface area contributed by atoms with Crippen molar-refractivity contribution in [2.45, 2.75) is 78.2 Å². The van der Waals surface area contributed by atoms with Gasteiger partial charge in [-0.3, -0.25) is 9.59 Å². The molecule has 2 atom stereocenters. The Labute approximate surface area is 172 Å². The van der Waals surface area contributed by atoms with Gasteiger partial charge in [-0.25, -0.2) is 4.79 Å². The molecule has 0 aliphatic carbocycles. The zero-order valence-corrected chi connectivity index (χ0v) is 18.3. The van der Waals surface area contributed by atoms with E-state index in [-0.39, 0.29) is 12.0 Å². The van der Waals surface area contributed by atoms with E-state index in [1.165, 1.54) is 6.92 Å². The second-order valence-corrected chi connectivity index (χ2v) is 8.89. The van der Waals surface area contributed by atoms with Gasteiger partial charge < -0.3 is 25.8 Å². The third-order valence-corrected chi connectivity index (χ3v) is 3.57. The van der Waals surface area contributed by atoms with E-state index in [9.17, 15) is 14.4 Å². The van der Waals surface area contributed by atoms with E-state index in [4.69, 9.17) is 15.2 Å². The van der Waals surface area contributed by atoms with Gasteiger partial charge in [-0.1, -0.05) is 12.1 Å². The van der Waals surface area contributed by atoms with Crippen LogP contribution in [0.2, 0.25) is 0 Å². The van der Waals surface area contributed by atoms with Crippen molar-refractivity contribution < 1.29 is 23.9 Å². The largest absolute Gasteiger partial charge is 0.488 e.